The maximum Gasteiger partial charge on any atom is 0.150 e. The van der Waals surface area contributed by atoms with E-state index in [2.05, 4.69) is 6.92 Å². The van der Waals surface area contributed by atoms with Crippen LogP contribution in [0.3, 0.4) is 0 Å². The third-order valence-electron chi connectivity index (χ3n) is 4.22. The molecule has 0 aliphatic carbocycles. The molecular weight excluding hydrogens is 292 g/mol. The van der Waals surface area contributed by atoms with E-state index in [9.17, 15) is 4.79 Å². The average molecular weight is 320 g/mol. The number of carbonyl (C=O) groups excluding carboxylic acids is 1. The molecule has 4 nitrogen and oxygen atoms in total. The quantitative estimate of drug-likeness (QED) is 0.433. The van der Waals surface area contributed by atoms with Gasteiger partial charge in [-0.25, -0.2) is 0 Å². The molecule has 0 radical (unpaired) electrons. The van der Waals surface area contributed by atoms with E-state index in [4.69, 9.17) is 14.2 Å². The van der Waals surface area contributed by atoms with Crippen LogP contribution in [0.25, 0.3) is 0 Å². The minimum atomic E-state index is 0.362. The topological polar surface area (TPSA) is 44.8 Å². The molecule has 1 aliphatic rings. The van der Waals surface area contributed by atoms with Gasteiger partial charge in [-0.3, -0.25) is 4.79 Å². The van der Waals surface area contributed by atoms with E-state index in [0.29, 0.717) is 11.0 Å². The number of rotatable bonds is 12. The molecule has 1 aliphatic heterocycles. The van der Waals surface area contributed by atoms with Gasteiger partial charge in [-0.15, -0.1) is 0 Å². The fourth-order valence-corrected chi connectivity index (χ4v) is 2.51. The Balaban J connectivity index is 1.38. The predicted octanol–water partition coefficient (Wildman–Crippen LogP) is 3.88. The fraction of sp³-hybridized carbons (Fsp3) is 0.632. The van der Waals surface area contributed by atoms with Crippen LogP contribution in [0.2, 0.25) is 0 Å². The van der Waals surface area contributed by atoms with Crippen molar-refractivity contribution in [3.05, 3.63) is 29.8 Å². The summed E-state index contributed by atoms with van der Waals surface area (Å²) in [6.45, 7) is 6.44. The highest BCUT2D eigenvalue weighted by molar-refractivity contribution is 5.74. The van der Waals surface area contributed by atoms with Crippen molar-refractivity contribution in [3.8, 4) is 5.75 Å². The maximum absolute atomic E-state index is 10.6. The Morgan fingerprint density at radius 3 is 2.35 bits per heavy atom. The summed E-state index contributed by atoms with van der Waals surface area (Å²) in [5, 5.41) is 0. The minimum absolute atomic E-state index is 0.362. The zero-order chi connectivity index (χ0) is 16.4. The lowest BCUT2D eigenvalue weighted by Crippen LogP contribution is -2.40. The standard InChI is InChI=1S/C19H28O4/c1-19(15-22-16-19)10-13-21-11-4-2-3-5-12-23-18-8-6-17(14-20)7-9-18/h6-9,14H,2-5,10-13,15-16H2,1H3. The Hall–Kier alpha value is -1.39. The van der Waals surface area contributed by atoms with Crippen molar-refractivity contribution in [2.75, 3.05) is 33.0 Å². The van der Waals surface area contributed by atoms with Crippen molar-refractivity contribution in [1.82, 2.24) is 0 Å². The second-order valence-electron chi connectivity index (χ2n) is 6.62. The Morgan fingerprint density at radius 2 is 1.74 bits per heavy atom. The van der Waals surface area contributed by atoms with Crippen LogP contribution in [0, 0.1) is 5.41 Å². The molecule has 128 valence electrons. The van der Waals surface area contributed by atoms with Crippen molar-refractivity contribution in [3.63, 3.8) is 0 Å². The van der Waals surface area contributed by atoms with E-state index in [1.807, 2.05) is 12.1 Å². The van der Waals surface area contributed by atoms with Crippen molar-refractivity contribution >= 4 is 6.29 Å². The second-order valence-corrected chi connectivity index (χ2v) is 6.62. The fourth-order valence-electron chi connectivity index (χ4n) is 2.51. The number of hydrogen-bond donors (Lipinski definition) is 0. The summed E-state index contributed by atoms with van der Waals surface area (Å²) in [5.74, 6) is 0.826. The van der Waals surface area contributed by atoms with Gasteiger partial charge in [0.15, 0.2) is 0 Å². The van der Waals surface area contributed by atoms with Crippen molar-refractivity contribution in [2.24, 2.45) is 5.41 Å². The Morgan fingerprint density at radius 1 is 1.04 bits per heavy atom. The van der Waals surface area contributed by atoms with Gasteiger partial charge in [0.1, 0.15) is 12.0 Å². The first-order valence-electron chi connectivity index (χ1n) is 8.55. The van der Waals surface area contributed by atoms with Crippen LogP contribution < -0.4 is 4.74 Å². The molecule has 0 bridgehead atoms. The molecule has 2 rings (SSSR count). The Kier molecular flexibility index (Phi) is 7.56. The highest BCUT2D eigenvalue weighted by Gasteiger charge is 2.32. The first-order chi connectivity index (χ1) is 11.2. The largest absolute Gasteiger partial charge is 0.494 e. The van der Waals surface area contributed by atoms with Crippen LogP contribution in [0.5, 0.6) is 5.75 Å². The van der Waals surface area contributed by atoms with Gasteiger partial charge in [0.2, 0.25) is 0 Å². The smallest absolute Gasteiger partial charge is 0.150 e. The van der Waals surface area contributed by atoms with Gasteiger partial charge in [0.25, 0.3) is 0 Å². The summed E-state index contributed by atoms with van der Waals surface area (Å²) in [4.78, 5) is 10.6. The molecule has 0 atom stereocenters. The molecule has 0 amide bonds. The van der Waals surface area contributed by atoms with Gasteiger partial charge < -0.3 is 14.2 Å². The van der Waals surface area contributed by atoms with E-state index in [0.717, 1.165) is 70.8 Å². The van der Waals surface area contributed by atoms with E-state index in [1.165, 1.54) is 6.42 Å². The number of benzene rings is 1. The molecule has 4 heteroatoms. The average Bonchev–Trinajstić information content (AvgIpc) is 2.55. The molecule has 0 spiro atoms. The highest BCUT2D eigenvalue weighted by atomic mass is 16.5. The summed E-state index contributed by atoms with van der Waals surface area (Å²) in [6.07, 6.45) is 6.43. The zero-order valence-corrected chi connectivity index (χ0v) is 14.1. The molecule has 1 heterocycles. The lowest BCUT2D eigenvalue weighted by Gasteiger charge is -2.37. The van der Waals surface area contributed by atoms with Crippen LogP contribution in [0.1, 0.15) is 49.4 Å². The number of carbonyl (C=O) groups is 1. The predicted molar refractivity (Wildman–Crippen MR) is 90.2 cm³/mol. The zero-order valence-electron chi connectivity index (χ0n) is 14.1. The SMILES string of the molecule is CC1(CCOCCCCCCOc2ccc(C=O)cc2)COC1. The summed E-state index contributed by atoms with van der Waals surface area (Å²) in [6, 6.07) is 7.22. The van der Waals surface area contributed by atoms with Gasteiger partial charge >= 0.3 is 0 Å². The molecular formula is C19H28O4. The van der Waals surface area contributed by atoms with Crippen molar-refractivity contribution < 1.29 is 19.0 Å². The number of ether oxygens (including phenoxy) is 3. The van der Waals surface area contributed by atoms with Gasteiger partial charge in [-0.1, -0.05) is 13.3 Å². The first kappa shape index (κ1) is 18.0. The highest BCUT2D eigenvalue weighted by Crippen LogP contribution is 2.30. The summed E-state index contributed by atoms with van der Waals surface area (Å²) in [7, 11) is 0. The summed E-state index contributed by atoms with van der Waals surface area (Å²) >= 11 is 0. The Labute approximate surface area is 139 Å². The molecule has 0 unspecified atom stereocenters. The molecule has 0 aromatic heterocycles. The third-order valence-corrected chi connectivity index (χ3v) is 4.22. The van der Waals surface area contributed by atoms with E-state index < -0.39 is 0 Å². The maximum atomic E-state index is 10.6. The lowest BCUT2D eigenvalue weighted by molar-refractivity contribution is -0.114. The van der Waals surface area contributed by atoms with E-state index in [1.54, 1.807) is 12.1 Å². The molecule has 23 heavy (non-hydrogen) atoms. The van der Waals surface area contributed by atoms with E-state index in [-0.39, 0.29) is 0 Å². The van der Waals surface area contributed by atoms with Crippen LogP contribution >= 0.6 is 0 Å². The number of aldehydes is 1. The van der Waals surface area contributed by atoms with Gasteiger partial charge in [0, 0.05) is 24.2 Å². The van der Waals surface area contributed by atoms with E-state index >= 15 is 0 Å². The molecule has 1 aromatic carbocycles. The minimum Gasteiger partial charge on any atom is -0.494 e. The molecule has 1 aromatic rings. The van der Waals surface area contributed by atoms with Crippen LogP contribution in [-0.2, 0) is 9.47 Å². The number of hydrogen-bond acceptors (Lipinski definition) is 4. The van der Waals surface area contributed by atoms with Gasteiger partial charge in [0.05, 0.1) is 19.8 Å². The van der Waals surface area contributed by atoms with Crippen LogP contribution in [0.15, 0.2) is 24.3 Å². The summed E-state index contributed by atoms with van der Waals surface area (Å²) < 4.78 is 16.6. The Bertz CT molecular complexity index is 451. The third kappa shape index (κ3) is 6.71. The molecule has 0 saturated carbocycles. The van der Waals surface area contributed by atoms with Gasteiger partial charge in [-0.2, -0.15) is 0 Å². The molecule has 0 N–H and O–H groups in total. The molecule has 1 saturated heterocycles. The first-order valence-corrected chi connectivity index (χ1v) is 8.55. The normalized spacial score (nSPS) is 15.9. The van der Waals surface area contributed by atoms with Gasteiger partial charge in [-0.05, 0) is 49.9 Å². The van der Waals surface area contributed by atoms with Crippen molar-refractivity contribution in [2.45, 2.75) is 39.0 Å². The second kappa shape index (κ2) is 9.68. The molecule has 1 fully saturated rings. The summed E-state index contributed by atoms with van der Waals surface area (Å²) in [5.41, 5.74) is 1.04. The lowest BCUT2D eigenvalue weighted by atomic mass is 9.85. The number of unbranched alkanes of at least 4 members (excludes halogenated alkanes) is 3. The van der Waals surface area contributed by atoms with Crippen LogP contribution in [-0.4, -0.2) is 39.3 Å². The van der Waals surface area contributed by atoms with Crippen molar-refractivity contribution in [1.29, 1.82) is 0 Å². The van der Waals surface area contributed by atoms with Crippen LogP contribution in [0.4, 0.5) is 0 Å². The monoisotopic (exact) mass is 320 g/mol.